The molecule has 0 saturated carbocycles. The Balaban J connectivity index is 1.47. The van der Waals surface area contributed by atoms with Gasteiger partial charge in [0, 0.05) is 37.8 Å². The van der Waals surface area contributed by atoms with Crippen molar-refractivity contribution in [2.45, 2.75) is 33.0 Å². The fraction of sp³-hybridized carbons (Fsp3) is 0.435. The van der Waals surface area contributed by atoms with Gasteiger partial charge in [0.15, 0.2) is 0 Å². The molecule has 2 aromatic carbocycles. The molecule has 0 N–H and O–H groups in total. The van der Waals surface area contributed by atoms with Crippen LogP contribution in [0.25, 0.3) is 11.1 Å². The molecule has 1 saturated heterocycles. The van der Waals surface area contributed by atoms with E-state index in [2.05, 4.69) is 54.0 Å². The number of likely N-dealkylation sites (N-methyl/N-ethyl adjacent to an activating group) is 1. The first-order valence-electron chi connectivity index (χ1n) is 10.1. The number of carbonyl (C=O) groups is 1. The van der Waals surface area contributed by atoms with E-state index in [-0.39, 0.29) is 12.5 Å². The quantitative estimate of drug-likeness (QED) is 0.762. The summed E-state index contributed by atoms with van der Waals surface area (Å²) >= 11 is 0. The molecule has 4 nitrogen and oxygen atoms in total. The van der Waals surface area contributed by atoms with Crippen molar-refractivity contribution in [2.75, 3.05) is 33.0 Å². The minimum absolute atomic E-state index is 0.0598. The maximum absolute atomic E-state index is 12.6. The normalized spacial score (nSPS) is 20.2. The Morgan fingerprint density at radius 3 is 2.54 bits per heavy atom. The SMILES string of the molecule is CCN1CC(C)N(Cc2ccc(-c3ccc4c(c3)CN(CCF)C4=O)cc2)C1. The number of carbonyl (C=O) groups excluding carboxylic acids is 1. The number of rotatable bonds is 6. The van der Waals surface area contributed by atoms with Crippen molar-refractivity contribution >= 4 is 5.91 Å². The number of hydrogen-bond acceptors (Lipinski definition) is 3. The lowest BCUT2D eigenvalue weighted by atomic mass is 9.99. The molecule has 2 aliphatic heterocycles. The molecule has 0 radical (unpaired) electrons. The topological polar surface area (TPSA) is 26.8 Å². The van der Waals surface area contributed by atoms with E-state index in [4.69, 9.17) is 0 Å². The molecule has 1 fully saturated rings. The Labute approximate surface area is 166 Å². The van der Waals surface area contributed by atoms with Crippen LogP contribution in [-0.2, 0) is 13.1 Å². The molecule has 0 bridgehead atoms. The van der Waals surface area contributed by atoms with Crippen LogP contribution in [0, 0.1) is 0 Å². The number of nitrogens with zero attached hydrogens (tertiary/aromatic N) is 3. The maximum atomic E-state index is 12.6. The summed E-state index contributed by atoms with van der Waals surface area (Å²) in [6.45, 7) is 8.92. The number of alkyl halides is 1. The van der Waals surface area contributed by atoms with E-state index < -0.39 is 6.67 Å². The minimum atomic E-state index is -0.500. The van der Waals surface area contributed by atoms with Crippen LogP contribution in [-0.4, -0.2) is 59.6 Å². The van der Waals surface area contributed by atoms with Crippen LogP contribution < -0.4 is 0 Å². The first-order chi connectivity index (χ1) is 13.6. The summed E-state index contributed by atoms with van der Waals surface area (Å²) in [4.78, 5) is 18.8. The fourth-order valence-electron chi connectivity index (χ4n) is 4.26. The van der Waals surface area contributed by atoms with E-state index in [0.717, 1.165) is 43.0 Å². The van der Waals surface area contributed by atoms with Gasteiger partial charge in [0.1, 0.15) is 6.67 Å². The van der Waals surface area contributed by atoms with Crippen LogP contribution in [0.2, 0.25) is 0 Å². The van der Waals surface area contributed by atoms with Gasteiger partial charge in [-0.3, -0.25) is 14.6 Å². The maximum Gasteiger partial charge on any atom is 0.254 e. The summed E-state index contributed by atoms with van der Waals surface area (Å²) in [6.07, 6.45) is 0. The first-order valence-corrected chi connectivity index (χ1v) is 10.1. The summed E-state index contributed by atoms with van der Waals surface area (Å²) in [7, 11) is 0. The lowest BCUT2D eigenvalue weighted by Crippen LogP contribution is -2.28. The Bertz CT molecular complexity index is 851. The zero-order valence-electron chi connectivity index (χ0n) is 16.7. The molecule has 148 valence electrons. The van der Waals surface area contributed by atoms with Gasteiger partial charge >= 0.3 is 0 Å². The number of hydrogen-bond donors (Lipinski definition) is 0. The summed E-state index contributed by atoms with van der Waals surface area (Å²) in [5.74, 6) is -0.0598. The standard InChI is InChI=1S/C23H28FN3O/c1-3-25-13-17(2)27(16-25)14-18-4-6-19(7-5-18)20-8-9-22-21(12-20)15-26(11-10-24)23(22)28/h4-9,12,17H,3,10-11,13-16H2,1-2H3. The molecule has 28 heavy (non-hydrogen) atoms. The fourth-order valence-corrected chi connectivity index (χ4v) is 4.26. The third kappa shape index (κ3) is 3.69. The van der Waals surface area contributed by atoms with Crippen molar-refractivity contribution in [1.29, 1.82) is 0 Å². The molecule has 2 heterocycles. The number of benzene rings is 2. The van der Waals surface area contributed by atoms with E-state index in [1.807, 2.05) is 12.1 Å². The van der Waals surface area contributed by atoms with Gasteiger partial charge in [-0.25, -0.2) is 4.39 Å². The minimum Gasteiger partial charge on any atom is -0.332 e. The van der Waals surface area contributed by atoms with Crippen LogP contribution in [0.5, 0.6) is 0 Å². The Morgan fingerprint density at radius 1 is 1.11 bits per heavy atom. The number of fused-ring (bicyclic) bond motifs is 1. The monoisotopic (exact) mass is 381 g/mol. The van der Waals surface area contributed by atoms with Crippen molar-refractivity contribution in [1.82, 2.24) is 14.7 Å². The molecule has 5 heteroatoms. The molecule has 2 aromatic rings. The van der Waals surface area contributed by atoms with E-state index >= 15 is 0 Å². The van der Waals surface area contributed by atoms with Gasteiger partial charge in [-0.1, -0.05) is 37.3 Å². The van der Waals surface area contributed by atoms with Crippen molar-refractivity contribution in [3.05, 3.63) is 59.2 Å². The van der Waals surface area contributed by atoms with Crippen LogP contribution in [0.1, 0.15) is 35.3 Å². The third-order valence-electron chi connectivity index (χ3n) is 5.99. The second-order valence-corrected chi connectivity index (χ2v) is 7.89. The third-order valence-corrected chi connectivity index (χ3v) is 5.99. The van der Waals surface area contributed by atoms with Gasteiger partial charge in [0.25, 0.3) is 5.91 Å². The average molecular weight is 381 g/mol. The predicted molar refractivity (Wildman–Crippen MR) is 110 cm³/mol. The van der Waals surface area contributed by atoms with Gasteiger partial charge in [-0.2, -0.15) is 0 Å². The molecule has 1 unspecified atom stereocenters. The highest BCUT2D eigenvalue weighted by Crippen LogP contribution is 2.29. The molecule has 2 aliphatic rings. The second kappa shape index (κ2) is 8.02. The van der Waals surface area contributed by atoms with Gasteiger partial charge in [0.2, 0.25) is 0 Å². The van der Waals surface area contributed by atoms with Crippen LogP contribution >= 0.6 is 0 Å². The van der Waals surface area contributed by atoms with Crippen LogP contribution in [0.4, 0.5) is 4.39 Å². The van der Waals surface area contributed by atoms with Gasteiger partial charge in [0.05, 0.1) is 6.67 Å². The zero-order chi connectivity index (χ0) is 19.7. The summed E-state index contributed by atoms with van der Waals surface area (Å²) in [6, 6.07) is 15.2. The summed E-state index contributed by atoms with van der Waals surface area (Å²) in [5, 5.41) is 0. The van der Waals surface area contributed by atoms with Crippen molar-refractivity contribution < 1.29 is 9.18 Å². The van der Waals surface area contributed by atoms with Gasteiger partial charge < -0.3 is 4.90 Å². The van der Waals surface area contributed by atoms with Crippen molar-refractivity contribution in [3.8, 4) is 11.1 Å². The largest absolute Gasteiger partial charge is 0.332 e. The first kappa shape index (κ1) is 19.1. The molecule has 0 aliphatic carbocycles. The van der Waals surface area contributed by atoms with Crippen molar-refractivity contribution in [3.63, 3.8) is 0 Å². The second-order valence-electron chi connectivity index (χ2n) is 7.89. The summed E-state index contributed by atoms with van der Waals surface area (Å²) in [5.41, 5.74) is 5.27. The van der Waals surface area contributed by atoms with Crippen LogP contribution in [0.15, 0.2) is 42.5 Å². The molecular weight excluding hydrogens is 353 g/mol. The van der Waals surface area contributed by atoms with E-state index in [0.29, 0.717) is 18.2 Å². The van der Waals surface area contributed by atoms with Gasteiger partial charge in [-0.15, -0.1) is 0 Å². The van der Waals surface area contributed by atoms with Crippen LogP contribution in [0.3, 0.4) is 0 Å². The molecule has 4 rings (SSSR count). The Morgan fingerprint density at radius 2 is 1.86 bits per heavy atom. The number of amides is 1. The van der Waals surface area contributed by atoms with E-state index in [9.17, 15) is 9.18 Å². The molecule has 1 amide bonds. The molecule has 0 spiro atoms. The molecular formula is C23H28FN3O. The lowest BCUT2D eigenvalue weighted by Gasteiger charge is -2.20. The molecule has 0 aromatic heterocycles. The van der Waals surface area contributed by atoms with Crippen molar-refractivity contribution in [2.24, 2.45) is 0 Å². The highest BCUT2D eigenvalue weighted by molar-refractivity contribution is 5.99. The van der Waals surface area contributed by atoms with E-state index in [1.165, 1.54) is 5.56 Å². The highest BCUT2D eigenvalue weighted by Gasteiger charge is 2.27. The summed E-state index contributed by atoms with van der Waals surface area (Å²) < 4.78 is 12.6. The zero-order valence-corrected chi connectivity index (χ0v) is 16.7. The lowest BCUT2D eigenvalue weighted by molar-refractivity contribution is 0.0768. The average Bonchev–Trinajstić information content (AvgIpc) is 3.22. The smallest absolute Gasteiger partial charge is 0.254 e. The molecule has 1 atom stereocenters. The van der Waals surface area contributed by atoms with E-state index in [1.54, 1.807) is 4.90 Å². The Kier molecular flexibility index (Phi) is 5.47. The highest BCUT2D eigenvalue weighted by atomic mass is 19.1. The number of halogens is 1. The van der Waals surface area contributed by atoms with Gasteiger partial charge in [-0.05, 0) is 47.9 Å². The Hall–Kier alpha value is -2.24. The predicted octanol–water partition coefficient (Wildman–Crippen LogP) is 3.76.